The van der Waals surface area contributed by atoms with E-state index in [9.17, 15) is 0 Å². The Morgan fingerprint density at radius 1 is 1.30 bits per heavy atom. The van der Waals surface area contributed by atoms with Gasteiger partial charge in [0.15, 0.2) is 6.27 Å². The summed E-state index contributed by atoms with van der Waals surface area (Å²) in [4.78, 5) is 0. The Hall–Kier alpha value is -0.200. The highest BCUT2D eigenvalue weighted by Crippen LogP contribution is 2.18. The first kappa shape index (κ1) is 6.51. The lowest BCUT2D eigenvalue weighted by atomic mass is 10.1. The van der Waals surface area contributed by atoms with Gasteiger partial charge in [-0.05, 0) is 0 Å². The molecule has 1 aliphatic heterocycles. The predicted octanol–water partition coefficient (Wildman–Crippen LogP) is -2.58. The van der Waals surface area contributed by atoms with Gasteiger partial charge in [0.1, 0.15) is 18.3 Å². The molecule has 4 atom stereocenters. The Balaban J connectivity index is 2.69. The molecule has 5 nitrogen and oxygen atoms in total. The fourth-order valence-electron chi connectivity index (χ4n) is 0.789. The zero-order valence-corrected chi connectivity index (χ0v) is 5.14. The van der Waals surface area contributed by atoms with Crippen molar-refractivity contribution in [2.75, 3.05) is 6.61 Å². The van der Waals surface area contributed by atoms with E-state index in [1.165, 1.54) is 0 Å². The average molecular weight is 151 g/mol. The van der Waals surface area contributed by atoms with E-state index in [2.05, 4.69) is 4.74 Å². The lowest BCUT2D eigenvalue weighted by Gasteiger charge is -2.09. The monoisotopic (exact) mass is 151 g/mol. The number of aliphatic hydroxyl groups excluding tert-OH is 3. The second kappa shape index (κ2) is 2.81. The van der Waals surface area contributed by atoms with Crippen LogP contribution in [0.4, 0.5) is 0 Å². The molecule has 0 radical (unpaired) electrons. The quantitative estimate of drug-likeness (QED) is 0.330. The van der Waals surface area contributed by atoms with E-state index < -0.39 is 31.2 Å². The van der Waals surface area contributed by atoms with Crippen molar-refractivity contribution in [3.63, 3.8) is 0 Å². The van der Waals surface area contributed by atoms with Gasteiger partial charge < -0.3 is 25.2 Å². The minimum Gasteiger partial charge on any atom is -0.394 e. The van der Waals surface area contributed by atoms with Crippen LogP contribution in [0.3, 0.4) is 0 Å². The maximum Gasteiger partial charge on any atom is 0.184 e. The molecule has 0 aromatic carbocycles. The lowest BCUT2D eigenvalue weighted by molar-refractivity contribution is -0.132. The molecule has 0 aromatic heterocycles. The third-order valence-corrected chi connectivity index (χ3v) is 1.41. The highest BCUT2D eigenvalue weighted by atomic mass is 16.6. The molecule has 0 saturated carbocycles. The Labute approximate surface area is 58.9 Å². The van der Waals surface area contributed by atoms with Crippen molar-refractivity contribution < 1.29 is 26.5 Å². The molecule has 1 saturated heterocycles. The summed E-state index contributed by atoms with van der Waals surface area (Å²) in [5.74, 6) is 0. The van der Waals surface area contributed by atoms with Gasteiger partial charge in [-0.25, -0.2) is 0 Å². The molecule has 0 spiro atoms. The predicted molar refractivity (Wildman–Crippen MR) is 30.0 cm³/mol. The first-order valence-electron chi connectivity index (χ1n) is 3.36. The van der Waals surface area contributed by atoms with Crippen LogP contribution in [0.1, 0.15) is 1.37 Å². The van der Waals surface area contributed by atoms with Gasteiger partial charge in [-0.1, -0.05) is 0 Å². The van der Waals surface area contributed by atoms with E-state index in [0.717, 1.165) is 0 Å². The SMILES string of the molecule is [2H]C1(O)O[C@H](CO)[C@H](O)[C@H]1O. The molecule has 4 N–H and O–H groups in total. The van der Waals surface area contributed by atoms with Crippen LogP contribution in [0.2, 0.25) is 0 Å². The third kappa shape index (κ3) is 1.14. The van der Waals surface area contributed by atoms with E-state index in [1.54, 1.807) is 0 Å². The van der Waals surface area contributed by atoms with Gasteiger partial charge in [-0.15, -0.1) is 0 Å². The molecule has 10 heavy (non-hydrogen) atoms. The van der Waals surface area contributed by atoms with E-state index in [1.807, 2.05) is 0 Å². The van der Waals surface area contributed by atoms with Crippen molar-refractivity contribution >= 4 is 0 Å². The highest BCUT2D eigenvalue weighted by molar-refractivity contribution is 4.84. The zero-order valence-electron chi connectivity index (χ0n) is 6.14. The van der Waals surface area contributed by atoms with E-state index in [0.29, 0.717) is 0 Å². The van der Waals surface area contributed by atoms with Crippen molar-refractivity contribution in [1.29, 1.82) is 0 Å². The van der Waals surface area contributed by atoms with Crippen molar-refractivity contribution in [2.45, 2.75) is 24.6 Å². The maximum absolute atomic E-state index is 8.98. The first-order chi connectivity index (χ1) is 4.99. The minimum absolute atomic E-state index is 0.542. The van der Waals surface area contributed by atoms with Crippen LogP contribution in [0.25, 0.3) is 0 Å². The van der Waals surface area contributed by atoms with Gasteiger partial charge in [-0.2, -0.15) is 0 Å². The summed E-state index contributed by atoms with van der Waals surface area (Å²) in [7, 11) is 0. The third-order valence-electron chi connectivity index (χ3n) is 1.41. The number of ether oxygens (including phenoxy) is 1. The van der Waals surface area contributed by atoms with Crippen molar-refractivity contribution in [3.8, 4) is 0 Å². The highest BCUT2D eigenvalue weighted by Gasteiger charge is 2.41. The maximum atomic E-state index is 8.98. The average Bonchev–Trinajstić information content (AvgIpc) is 2.13. The molecule has 0 bridgehead atoms. The van der Waals surface area contributed by atoms with Gasteiger partial charge in [0, 0.05) is 0 Å². The van der Waals surface area contributed by atoms with Gasteiger partial charge in [-0.3, -0.25) is 0 Å². The smallest absolute Gasteiger partial charge is 0.184 e. The normalized spacial score (nSPS) is 56.8. The summed E-state index contributed by atoms with van der Waals surface area (Å²) >= 11 is 0. The lowest BCUT2D eigenvalue weighted by Crippen LogP contribution is -2.33. The van der Waals surface area contributed by atoms with Crippen LogP contribution >= 0.6 is 0 Å². The molecular formula is C5H10O5. The minimum atomic E-state index is -2.51. The van der Waals surface area contributed by atoms with E-state index >= 15 is 0 Å². The number of rotatable bonds is 1. The topological polar surface area (TPSA) is 90.2 Å². The molecule has 1 unspecified atom stereocenters. The molecule has 0 aromatic rings. The Morgan fingerprint density at radius 3 is 2.10 bits per heavy atom. The molecule has 0 aliphatic carbocycles. The molecule has 60 valence electrons. The Bertz CT molecular complexity index is 150. The van der Waals surface area contributed by atoms with E-state index in [-0.39, 0.29) is 0 Å². The molecule has 0 amide bonds. The van der Waals surface area contributed by atoms with Crippen molar-refractivity contribution in [1.82, 2.24) is 0 Å². The van der Waals surface area contributed by atoms with Gasteiger partial charge in [0.25, 0.3) is 0 Å². The molecule has 5 heteroatoms. The zero-order chi connectivity index (χ0) is 8.65. The summed E-state index contributed by atoms with van der Waals surface area (Å²) in [6.07, 6.45) is -6.71. The number of hydrogen-bond acceptors (Lipinski definition) is 5. The summed E-state index contributed by atoms with van der Waals surface area (Å²) in [5.41, 5.74) is 0. The Kier molecular flexibility index (Phi) is 1.83. The summed E-state index contributed by atoms with van der Waals surface area (Å²) < 4.78 is 11.3. The van der Waals surface area contributed by atoms with Crippen LogP contribution in [-0.4, -0.2) is 51.6 Å². The fraction of sp³-hybridized carbons (Fsp3) is 1.00. The van der Waals surface area contributed by atoms with Crippen LogP contribution in [0.15, 0.2) is 0 Å². The largest absolute Gasteiger partial charge is 0.394 e. The standard InChI is InChI=1S/C5H10O5/c6-1-2-3(7)4(8)5(9)10-2/h2-9H,1H2/t2-,3+,4-,5?/m1/s1/i5D. The second-order valence-electron chi connectivity index (χ2n) is 2.11. The summed E-state index contributed by atoms with van der Waals surface area (Å²) in [6, 6.07) is 0. The fourth-order valence-corrected chi connectivity index (χ4v) is 0.789. The second-order valence-corrected chi connectivity index (χ2v) is 2.11. The van der Waals surface area contributed by atoms with Gasteiger partial charge in [0.05, 0.1) is 7.98 Å². The molecule has 1 heterocycles. The van der Waals surface area contributed by atoms with Crippen LogP contribution in [-0.2, 0) is 4.74 Å². The van der Waals surface area contributed by atoms with Gasteiger partial charge >= 0.3 is 0 Å². The van der Waals surface area contributed by atoms with Crippen LogP contribution in [0, 0.1) is 0 Å². The summed E-state index contributed by atoms with van der Waals surface area (Å²) in [6.45, 7) is -0.542. The van der Waals surface area contributed by atoms with E-state index in [4.69, 9.17) is 21.8 Å². The van der Waals surface area contributed by atoms with Crippen molar-refractivity contribution in [2.24, 2.45) is 0 Å². The Morgan fingerprint density at radius 2 is 1.90 bits per heavy atom. The molecular weight excluding hydrogens is 140 g/mol. The van der Waals surface area contributed by atoms with Gasteiger partial charge in [0.2, 0.25) is 0 Å². The number of aliphatic hydroxyl groups is 4. The molecule has 1 fully saturated rings. The first-order valence-corrected chi connectivity index (χ1v) is 2.86. The number of hydrogen-bond donors (Lipinski definition) is 4. The summed E-state index contributed by atoms with van der Waals surface area (Å²) in [5, 5.41) is 35.2. The molecule has 1 aliphatic rings. The molecule has 1 rings (SSSR count). The van der Waals surface area contributed by atoms with Crippen molar-refractivity contribution in [3.05, 3.63) is 0 Å². The van der Waals surface area contributed by atoms with Crippen LogP contribution in [0.5, 0.6) is 0 Å². The van der Waals surface area contributed by atoms with Crippen LogP contribution < -0.4 is 0 Å².